The second-order valence-electron chi connectivity index (χ2n) is 4.79. The first kappa shape index (κ1) is 15.7. The summed E-state index contributed by atoms with van der Waals surface area (Å²) in [4.78, 5) is 14.6. The maximum atomic E-state index is 13.2. The minimum atomic E-state index is -1.20. The first-order chi connectivity index (χ1) is 10.4. The van der Waals surface area contributed by atoms with Crippen LogP contribution in [0.15, 0.2) is 30.5 Å². The molecule has 0 aliphatic carbocycles. The number of hydrogen-bond donors (Lipinski definition) is 3. The van der Waals surface area contributed by atoms with E-state index >= 15 is 0 Å². The second kappa shape index (κ2) is 6.37. The summed E-state index contributed by atoms with van der Waals surface area (Å²) in [5, 5.41) is 21.3. The normalized spacial score (nSPS) is 13.2. The Kier molecular flexibility index (Phi) is 4.53. The van der Waals surface area contributed by atoms with Gasteiger partial charge >= 0.3 is 0 Å². The summed E-state index contributed by atoms with van der Waals surface area (Å²) >= 11 is 0. The average molecular weight is 305 g/mol. The molecule has 0 unspecified atom stereocenters. The lowest BCUT2D eigenvalue weighted by Crippen LogP contribution is -2.37. The fourth-order valence-electron chi connectivity index (χ4n) is 1.94. The number of halogens is 2. The number of nitrogens with zero attached hydrogens (tertiary/aromatic N) is 1. The first-order valence-corrected chi connectivity index (χ1v) is 6.44. The number of nitriles is 1. The van der Waals surface area contributed by atoms with E-state index in [4.69, 9.17) is 5.26 Å². The SMILES string of the molecule is C[C@H](NC(=O)c1cc(C#N)c[nH]1)[C@H](O)c1ccc(F)c(F)c1. The summed E-state index contributed by atoms with van der Waals surface area (Å²) in [7, 11) is 0. The number of rotatable bonds is 4. The molecule has 5 nitrogen and oxygen atoms in total. The van der Waals surface area contributed by atoms with Gasteiger partial charge in [0.2, 0.25) is 0 Å². The molecule has 114 valence electrons. The molecule has 0 spiro atoms. The molecule has 0 bridgehead atoms. The Balaban J connectivity index is 2.07. The van der Waals surface area contributed by atoms with Gasteiger partial charge in [-0.05, 0) is 30.7 Å². The zero-order chi connectivity index (χ0) is 16.3. The summed E-state index contributed by atoms with van der Waals surface area (Å²) in [5.74, 6) is -2.60. The maximum Gasteiger partial charge on any atom is 0.268 e. The summed E-state index contributed by atoms with van der Waals surface area (Å²) in [5.41, 5.74) is 0.621. The van der Waals surface area contributed by atoms with E-state index in [1.54, 1.807) is 0 Å². The molecule has 1 amide bonds. The minimum absolute atomic E-state index is 0.149. The zero-order valence-corrected chi connectivity index (χ0v) is 11.6. The Morgan fingerprint density at radius 3 is 2.68 bits per heavy atom. The monoisotopic (exact) mass is 305 g/mol. The van der Waals surface area contributed by atoms with Gasteiger partial charge in [0.1, 0.15) is 11.8 Å². The van der Waals surface area contributed by atoms with Crippen molar-refractivity contribution in [1.29, 1.82) is 5.26 Å². The molecule has 0 saturated carbocycles. The minimum Gasteiger partial charge on any atom is -0.386 e. The van der Waals surface area contributed by atoms with Crippen molar-refractivity contribution in [3.05, 3.63) is 58.9 Å². The van der Waals surface area contributed by atoms with Crippen molar-refractivity contribution in [2.45, 2.75) is 19.1 Å². The van der Waals surface area contributed by atoms with E-state index in [1.165, 1.54) is 25.3 Å². The third-order valence-corrected chi connectivity index (χ3v) is 3.17. The molecule has 1 aromatic heterocycles. The second-order valence-corrected chi connectivity index (χ2v) is 4.79. The molecule has 0 fully saturated rings. The Bertz CT molecular complexity index is 737. The van der Waals surface area contributed by atoms with E-state index in [0.717, 1.165) is 12.1 Å². The van der Waals surface area contributed by atoms with Crippen molar-refractivity contribution in [1.82, 2.24) is 10.3 Å². The van der Waals surface area contributed by atoms with Crippen LogP contribution in [-0.2, 0) is 0 Å². The van der Waals surface area contributed by atoms with Crippen molar-refractivity contribution < 1.29 is 18.7 Å². The van der Waals surface area contributed by atoms with Crippen LogP contribution in [0, 0.1) is 23.0 Å². The largest absolute Gasteiger partial charge is 0.386 e. The fourth-order valence-corrected chi connectivity index (χ4v) is 1.94. The molecule has 3 N–H and O–H groups in total. The van der Waals surface area contributed by atoms with E-state index in [-0.39, 0.29) is 11.3 Å². The maximum absolute atomic E-state index is 13.2. The quantitative estimate of drug-likeness (QED) is 0.807. The van der Waals surface area contributed by atoms with Crippen molar-refractivity contribution in [2.75, 3.05) is 0 Å². The molecule has 0 saturated heterocycles. The Labute approximate surface area is 125 Å². The topological polar surface area (TPSA) is 88.9 Å². The number of nitrogens with one attached hydrogen (secondary N) is 2. The predicted octanol–water partition coefficient (Wildman–Crippen LogP) is 2.02. The molecule has 0 aliphatic rings. The van der Waals surface area contributed by atoms with Crippen LogP contribution in [0.25, 0.3) is 0 Å². The Hall–Kier alpha value is -2.72. The number of aliphatic hydroxyl groups excluding tert-OH is 1. The van der Waals surface area contributed by atoms with Crippen LogP contribution in [0.2, 0.25) is 0 Å². The number of aliphatic hydroxyl groups is 1. The van der Waals surface area contributed by atoms with Gasteiger partial charge < -0.3 is 15.4 Å². The number of hydrogen-bond acceptors (Lipinski definition) is 3. The van der Waals surface area contributed by atoms with Gasteiger partial charge in [-0.1, -0.05) is 6.07 Å². The number of carbonyl (C=O) groups excluding carboxylic acids is 1. The van der Waals surface area contributed by atoms with Crippen molar-refractivity contribution >= 4 is 5.91 Å². The molecule has 2 aromatic rings. The number of benzene rings is 1. The summed E-state index contributed by atoms with van der Waals surface area (Å²) < 4.78 is 26.0. The number of amides is 1. The standard InChI is InChI=1S/C15H13F2N3O2/c1-8(14(21)10-2-3-11(16)12(17)5-10)20-15(22)13-4-9(6-18)7-19-13/h2-5,7-8,14,19,21H,1H3,(H,20,22)/t8-,14-/m0/s1. The Morgan fingerprint density at radius 1 is 1.36 bits per heavy atom. The van der Waals surface area contributed by atoms with Crippen LogP contribution in [-0.4, -0.2) is 22.0 Å². The highest BCUT2D eigenvalue weighted by Crippen LogP contribution is 2.19. The molecule has 2 atom stereocenters. The van der Waals surface area contributed by atoms with Gasteiger partial charge in [-0.15, -0.1) is 0 Å². The highest BCUT2D eigenvalue weighted by atomic mass is 19.2. The predicted molar refractivity (Wildman–Crippen MR) is 73.8 cm³/mol. The van der Waals surface area contributed by atoms with Crippen LogP contribution in [0.3, 0.4) is 0 Å². The molecule has 22 heavy (non-hydrogen) atoms. The van der Waals surface area contributed by atoms with Crippen molar-refractivity contribution in [3.63, 3.8) is 0 Å². The van der Waals surface area contributed by atoms with Crippen LogP contribution in [0.4, 0.5) is 8.78 Å². The lowest BCUT2D eigenvalue weighted by Gasteiger charge is -2.20. The fraction of sp³-hybridized carbons (Fsp3) is 0.200. The highest BCUT2D eigenvalue weighted by Gasteiger charge is 2.21. The third-order valence-electron chi connectivity index (χ3n) is 3.17. The van der Waals surface area contributed by atoms with Gasteiger partial charge in [0.05, 0.1) is 17.7 Å². The van der Waals surface area contributed by atoms with E-state index in [1.807, 2.05) is 6.07 Å². The molecule has 2 rings (SSSR count). The van der Waals surface area contributed by atoms with E-state index in [2.05, 4.69) is 10.3 Å². The van der Waals surface area contributed by atoms with E-state index < -0.39 is 29.7 Å². The molecule has 0 aliphatic heterocycles. The summed E-state index contributed by atoms with van der Waals surface area (Å²) in [6.07, 6.45) is 0.176. The van der Waals surface area contributed by atoms with Gasteiger partial charge in [0.25, 0.3) is 5.91 Å². The van der Waals surface area contributed by atoms with Gasteiger partial charge in [-0.3, -0.25) is 4.79 Å². The van der Waals surface area contributed by atoms with E-state index in [0.29, 0.717) is 5.56 Å². The van der Waals surface area contributed by atoms with Gasteiger partial charge in [0.15, 0.2) is 11.6 Å². The third kappa shape index (κ3) is 3.30. The number of aromatic amines is 1. The van der Waals surface area contributed by atoms with Crippen LogP contribution in [0.5, 0.6) is 0 Å². The zero-order valence-electron chi connectivity index (χ0n) is 11.6. The molecular formula is C15H13F2N3O2. The average Bonchev–Trinajstić information content (AvgIpc) is 2.98. The van der Waals surface area contributed by atoms with Crippen LogP contribution in [0.1, 0.15) is 34.6 Å². The van der Waals surface area contributed by atoms with Crippen LogP contribution >= 0.6 is 0 Å². The summed E-state index contributed by atoms with van der Waals surface area (Å²) in [6, 6.07) is 5.53. The highest BCUT2D eigenvalue weighted by molar-refractivity contribution is 5.93. The molecule has 1 heterocycles. The van der Waals surface area contributed by atoms with Crippen LogP contribution < -0.4 is 5.32 Å². The smallest absolute Gasteiger partial charge is 0.268 e. The Morgan fingerprint density at radius 2 is 2.09 bits per heavy atom. The van der Waals surface area contributed by atoms with Crippen molar-refractivity contribution in [3.8, 4) is 6.07 Å². The lowest BCUT2D eigenvalue weighted by molar-refractivity contribution is 0.0847. The molecule has 0 radical (unpaired) electrons. The lowest BCUT2D eigenvalue weighted by atomic mass is 10.0. The van der Waals surface area contributed by atoms with E-state index in [9.17, 15) is 18.7 Å². The van der Waals surface area contributed by atoms with Gasteiger partial charge in [-0.25, -0.2) is 8.78 Å². The molecule has 7 heteroatoms. The van der Waals surface area contributed by atoms with Crippen molar-refractivity contribution in [2.24, 2.45) is 0 Å². The first-order valence-electron chi connectivity index (χ1n) is 6.44. The molecule has 1 aromatic carbocycles. The number of H-pyrrole nitrogens is 1. The summed E-state index contributed by atoms with van der Waals surface area (Å²) in [6.45, 7) is 1.53. The number of aromatic nitrogens is 1. The van der Waals surface area contributed by atoms with Gasteiger partial charge in [0, 0.05) is 6.20 Å². The van der Waals surface area contributed by atoms with Gasteiger partial charge in [-0.2, -0.15) is 5.26 Å². The molecular weight excluding hydrogens is 292 g/mol. The number of carbonyl (C=O) groups is 1.